The van der Waals surface area contributed by atoms with E-state index < -0.39 is 0 Å². The molecule has 2 amide bonds. The second kappa shape index (κ2) is 22.7. The van der Waals surface area contributed by atoms with E-state index in [2.05, 4.69) is 92.0 Å². The Morgan fingerprint density at radius 3 is 1.46 bits per heavy atom. The highest BCUT2D eigenvalue weighted by molar-refractivity contribution is 5.78. The van der Waals surface area contributed by atoms with Gasteiger partial charge in [-0.15, -0.1) is 0 Å². The van der Waals surface area contributed by atoms with Gasteiger partial charge in [0.05, 0.1) is 5.92 Å². The van der Waals surface area contributed by atoms with Gasteiger partial charge in [-0.05, 0) is 120 Å². The summed E-state index contributed by atoms with van der Waals surface area (Å²) < 4.78 is 6.36. The molecular formula is C53H80N2O6. The molecule has 8 nitrogen and oxygen atoms in total. The molecule has 1 atom stereocenters. The third-order valence-corrected chi connectivity index (χ3v) is 11.7. The first-order chi connectivity index (χ1) is 28.4. The molecule has 0 saturated heterocycles. The summed E-state index contributed by atoms with van der Waals surface area (Å²) in [5, 5.41) is 27.4. The van der Waals surface area contributed by atoms with Crippen molar-refractivity contribution in [2.24, 2.45) is 5.92 Å². The Labute approximate surface area is 369 Å². The molecule has 3 rings (SSSR count). The van der Waals surface area contributed by atoms with E-state index in [0.717, 1.165) is 101 Å². The molecular weight excluding hydrogens is 761 g/mol. The molecule has 0 radical (unpaired) electrons. The van der Waals surface area contributed by atoms with E-state index in [-0.39, 0.29) is 39.9 Å². The normalized spacial score (nSPS) is 12.6. The van der Waals surface area contributed by atoms with E-state index in [1.165, 1.54) is 0 Å². The summed E-state index contributed by atoms with van der Waals surface area (Å²) in [6.45, 7) is 28.1. The summed E-state index contributed by atoms with van der Waals surface area (Å²) in [6, 6.07) is 12.2. The fourth-order valence-electron chi connectivity index (χ4n) is 7.96. The topological polar surface area (TPSA) is 125 Å². The Kier molecular flexibility index (Phi) is 19.0. The summed E-state index contributed by atoms with van der Waals surface area (Å²) in [7, 11) is 0. The zero-order valence-corrected chi connectivity index (χ0v) is 40.2. The third-order valence-electron chi connectivity index (χ3n) is 11.7. The fraction of sp³-hybridized carbons (Fsp3) is 0.604. The monoisotopic (exact) mass is 841 g/mol. The first kappa shape index (κ1) is 51.0. The average Bonchev–Trinajstić information content (AvgIpc) is 3.15. The number of phenolic OH excluding ortho intramolecular Hbond substituents is 2. The minimum atomic E-state index is -0.319. The largest absolute Gasteiger partial charge is 0.507 e. The molecule has 1 unspecified atom stereocenters. The third kappa shape index (κ3) is 16.1. The molecule has 0 aliphatic heterocycles. The highest BCUT2D eigenvalue weighted by Crippen LogP contribution is 2.38. The lowest BCUT2D eigenvalue weighted by molar-refractivity contribution is -0.139. The van der Waals surface area contributed by atoms with Crippen molar-refractivity contribution in [2.75, 3.05) is 13.1 Å². The lowest BCUT2D eigenvalue weighted by Crippen LogP contribution is -2.26. The highest BCUT2D eigenvalue weighted by Gasteiger charge is 2.29. The van der Waals surface area contributed by atoms with Crippen molar-refractivity contribution < 1.29 is 29.3 Å². The van der Waals surface area contributed by atoms with E-state index >= 15 is 0 Å². The van der Waals surface area contributed by atoms with Crippen LogP contribution >= 0.6 is 0 Å². The number of hydrogen-bond donors (Lipinski definition) is 4. The molecule has 8 heteroatoms. The van der Waals surface area contributed by atoms with E-state index in [1.54, 1.807) is 0 Å². The number of unbranched alkanes of at least 4 members (excludes halogenated alkanes) is 5. The van der Waals surface area contributed by atoms with Crippen molar-refractivity contribution in [3.8, 4) is 17.2 Å². The minimum Gasteiger partial charge on any atom is -0.507 e. The quantitative estimate of drug-likeness (QED) is 0.0481. The zero-order valence-electron chi connectivity index (χ0n) is 40.2. The van der Waals surface area contributed by atoms with Crippen LogP contribution in [0.5, 0.6) is 17.2 Å². The molecule has 0 aliphatic carbocycles. The predicted molar refractivity (Wildman–Crippen MR) is 251 cm³/mol. The second-order valence-corrected chi connectivity index (χ2v) is 20.6. The number of aryl methyl sites for hydroxylation is 5. The number of carbonyl (C=O) groups is 3. The van der Waals surface area contributed by atoms with Crippen LogP contribution in [-0.4, -0.2) is 41.1 Å². The van der Waals surface area contributed by atoms with Crippen LogP contribution in [0.1, 0.15) is 184 Å². The van der Waals surface area contributed by atoms with Gasteiger partial charge in [-0.2, -0.15) is 0 Å². The lowest BCUT2D eigenvalue weighted by atomic mass is 9.82. The van der Waals surface area contributed by atoms with Crippen molar-refractivity contribution >= 4 is 17.8 Å². The molecule has 4 N–H and O–H groups in total. The molecule has 3 aromatic carbocycles. The van der Waals surface area contributed by atoms with Crippen LogP contribution < -0.4 is 15.4 Å². The van der Waals surface area contributed by atoms with Crippen LogP contribution in [-0.2, 0) is 49.9 Å². The summed E-state index contributed by atoms with van der Waals surface area (Å²) in [4.78, 5) is 39.4. The lowest BCUT2D eigenvalue weighted by Gasteiger charge is -2.26. The van der Waals surface area contributed by atoms with Crippen LogP contribution in [0.4, 0.5) is 0 Å². The van der Waals surface area contributed by atoms with Crippen molar-refractivity contribution in [1.82, 2.24) is 10.6 Å². The maximum atomic E-state index is 14.1. The Hall–Kier alpha value is -4.33. The Balaban J connectivity index is 1.49. The number of phenols is 2. The maximum absolute atomic E-state index is 14.1. The van der Waals surface area contributed by atoms with Gasteiger partial charge in [0, 0.05) is 31.5 Å². The summed E-state index contributed by atoms with van der Waals surface area (Å²) in [5.74, 6) is 0.780. The van der Waals surface area contributed by atoms with E-state index in [4.69, 9.17) is 4.74 Å². The van der Waals surface area contributed by atoms with Gasteiger partial charge in [0.2, 0.25) is 11.8 Å². The molecule has 0 heterocycles. The van der Waals surface area contributed by atoms with Crippen molar-refractivity contribution in [2.45, 2.75) is 190 Å². The number of benzene rings is 3. The SMILES string of the molecule is CCCCCC(Cc1cc(C)c(O)c(C(C)(C)C)c1)C(=O)Oc1c(C)cc(CCC(=O)NCCCCCCNC(=O)CCc2cc(C)c(O)c(C(C)(C)C)c2)cc1C(C)(C)C. The molecule has 338 valence electrons. The number of carbonyl (C=O) groups excluding carboxylic acids is 3. The summed E-state index contributed by atoms with van der Waals surface area (Å²) in [6.07, 6.45) is 10.1. The minimum absolute atomic E-state index is 0.0187. The molecule has 61 heavy (non-hydrogen) atoms. The number of aromatic hydroxyl groups is 2. The van der Waals surface area contributed by atoms with Gasteiger partial charge in [-0.3, -0.25) is 14.4 Å². The second-order valence-electron chi connectivity index (χ2n) is 20.6. The van der Waals surface area contributed by atoms with Crippen LogP contribution in [0.3, 0.4) is 0 Å². The predicted octanol–water partition coefficient (Wildman–Crippen LogP) is 11.6. The Morgan fingerprint density at radius 2 is 1.00 bits per heavy atom. The Bertz CT molecular complexity index is 1940. The number of hydrogen-bond acceptors (Lipinski definition) is 6. The van der Waals surface area contributed by atoms with Crippen LogP contribution in [0, 0.1) is 26.7 Å². The fourth-order valence-corrected chi connectivity index (χ4v) is 7.96. The Morgan fingerprint density at radius 1 is 0.574 bits per heavy atom. The van der Waals surface area contributed by atoms with Gasteiger partial charge in [-0.25, -0.2) is 0 Å². The van der Waals surface area contributed by atoms with Crippen LogP contribution in [0.15, 0.2) is 36.4 Å². The van der Waals surface area contributed by atoms with Gasteiger partial charge < -0.3 is 25.6 Å². The first-order valence-corrected chi connectivity index (χ1v) is 23.0. The molecule has 0 bridgehead atoms. The van der Waals surface area contributed by atoms with Gasteiger partial charge in [0.15, 0.2) is 0 Å². The molecule has 0 saturated carbocycles. The van der Waals surface area contributed by atoms with Crippen molar-refractivity contribution in [1.29, 1.82) is 0 Å². The maximum Gasteiger partial charge on any atom is 0.314 e. The van der Waals surface area contributed by atoms with Crippen LogP contribution in [0.25, 0.3) is 0 Å². The molecule has 3 aromatic rings. The zero-order chi connectivity index (χ0) is 45.7. The van der Waals surface area contributed by atoms with Gasteiger partial charge in [0.1, 0.15) is 17.2 Å². The smallest absolute Gasteiger partial charge is 0.314 e. The van der Waals surface area contributed by atoms with Crippen LogP contribution in [0.2, 0.25) is 0 Å². The number of amides is 2. The summed E-state index contributed by atoms with van der Waals surface area (Å²) >= 11 is 0. The molecule has 0 spiro atoms. The van der Waals surface area contributed by atoms with E-state index in [1.807, 2.05) is 45.0 Å². The number of rotatable bonds is 21. The van der Waals surface area contributed by atoms with Gasteiger partial charge in [-0.1, -0.05) is 138 Å². The van der Waals surface area contributed by atoms with Gasteiger partial charge in [0.25, 0.3) is 0 Å². The average molecular weight is 841 g/mol. The van der Waals surface area contributed by atoms with E-state index in [9.17, 15) is 24.6 Å². The molecule has 0 aromatic heterocycles. The number of nitrogens with one attached hydrogen (secondary N) is 2. The standard InChI is InChI=1S/C53H80N2O6/c1-14-15-18-21-41(31-40-29-36(3)48(59)43(34-40)52(8,9)10)50(60)61-49-37(4)30-39(33-44(49)53(11,12)13)23-25-46(57)55-27-20-17-16-19-26-54-45(56)24-22-38-28-35(2)47(58)42(32-38)51(5,6)7/h28-30,32-34,41,58-59H,14-27,31H2,1-13H3,(H,54,56)(H,55,57). The first-order valence-electron chi connectivity index (χ1n) is 23.0. The highest BCUT2D eigenvalue weighted by atomic mass is 16.5. The number of esters is 1. The molecule has 0 fully saturated rings. The van der Waals surface area contributed by atoms with Gasteiger partial charge >= 0.3 is 5.97 Å². The van der Waals surface area contributed by atoms with E-state index in [0.29, 0.717) is 62.4 Å². The van der Waals surface area contributed by atoms with Crippen molar-refractivity contribution in [3.05, 3.63) is 86.5 Å². The molecule has 0 aliphatic rings. The number of ether oxygens (including phenoxy) is 1. The summed E-state index contributed by atoms with van der Waals surface area (Å²) in [5.41, 5.74) is 7.73. The van der Waals surface area contributed by atoms with Crippen molar-refractivity contribution in [3.63, 3.8) is 0 Å².